The van der Waals surface area contributed by atoms with E-state index in [9.17, 15) is 9.59 Å². The molecule has 1 aromatic heterocycles. The summed E-state index contributed by atoms with van der Waals surface area (Å²) in [6.45, 7) is 2.53. The van der Waals surface area contributed by atoms with Crippen LogP contribution in [0.5, 0.6) is 0 Å². The first-order valence-electron chi connectivity index (χ1n) is 5.54. The highest BCUT2D eigenvalue weighted by Crippen LogP contribution is 2.04. The van der Waals surface area contributed by atoms with E-state index in [0.717, 1.165) is 6.42 Å². The molecule has 6 nitrogen and oxygen atoms in total. The van der Waals surface area contributed by atoms with Crippen LogP contribution in [0.4, 0.5) is 0 Å². The van der Waals surface area contributed by atoms with Crippen LogP contribution in [-0.4, -0.2) is 46.8 Å². The molecule has 0 spiro atoms. The van der Waals surface area contributed by atoms with Gasteiger partial charge >= 0.3 is 0 Å². The van der Waals surface area contributed by atoms with Gasteiger partial charge in [-0.25, -0.2) is 4.98 Å². The quantitative estimate of drug-likeness (QED) is 0.856. The summed E-state index contributed by atoms with van der Waals surface area (Å²) in [6, 6.07) is 0. The first-order valence-corrected chi connectivity index (χ1v) is 5.92. The van der Waals surface area contributed by atoms with E-state index >= 15 is 0 Å². The van der Waals surface area contributed by atoms with Crippen molar-refractivity contribution in [2.24, 2.45) is 0 Å². The number of rotatable bonds is 5. The van der Waals surface area contributed by atoms with E-state index in [2.05, 4.69) is 15.3 Å². The van der Waals surface area contributed by atoms with Crippen LogP contribution < -0.4 is 5.32 Å². The summed E-state index contributed by atoms with van der Waals surface area (Å²) in [6.07, 6.45) is 3.50. The van der Waals surface area contributed by atoms with Gasteiger partial charge in [0.25, 0.3) is 5.91 Å². The van der Waals surface area contributed by atoms with E-state index in [-0.39, 0.29) is 23.3 Å². The van der Waals surface area contributed by atoms with Crippen molar-refractivity contribution in [1.82, 2.24) is 20.2 Å². The minimum absolute atomic E-state index is 0.0208. The molecule has 18 heavy (non-hydrogen) atoms. The van der Waals surface area contributed by atoms with Crippen molar-refractivity contribution in [3.8, 4) is 0 Å². The largest absolute Gasteiger partial charge is 0.355 e. The maximum Gasteiger partial charge on any atom is 0.274 e. The topological polar surface area (TPSA) is 75.2 Å². The lowest BCUT2D eigenvalue weighted by molar-refractivity contribution is -0.121. The van der Waals surface area contributed by atoms with Crippen molar-refractivity contribution in [2.45, 2.75) is 13.3 Å². The van der Waals surface area contributed by atoms with E-state index in [4.69, 9.17) is 11.6 Å². The standard InChI is InChI=1S/C11H15ClN4O2/c1-3-4-14-10(17)7-16(2)11(18)8-5-13-6-9(12)15-8/h5-6H,3-4,7H2,1-2H3,(H,14,17). The van der Waals surface area contributed by atoms with Crippen LogP contribution in [0.3, 0.4) is 0 Å². The van der Waals surface area contributed by atoms with Crippen LogP contribution in [0.25, 0.3) is 0 Å². The Balaban J connectivity index is 2.59. The number of aromatic nitrogens is 2. The molecule has 1 rings (SSSR count). The zero-order chi connectivity index (χ0) is 13.5. The number of hydrogen-bond acceptors (Lipinski definition) is 4. The number of carbonyl (C=O) groups is 2. The second-order valence-electron chi connectivity index (χ2n) is 3.74. The molecule has 0 aromatic carbocycles. The zero-order valence-electron chi connectivity index (χ0n) is 10.3. The number of nitrogens with one attached hydrogen (secondary N) is 1. The fraction of sp³-hybridized carbons (Fsp3) is 0.455. The van der Waals surface area contributed by atoms with Crippen molar-refractivity contribution < 1.29 is 9.59 Å². The smallest absolute Gasteiger partial charge is 0.274 e. The number of likely N-dealkylation sites (N-methyl/N-ethyl adjacent to an activating group) is 1. The van der Waals surface area contributed by atoms with Gasteiger partial charge in [-0.2, -0.15) is 0 Å². The molecule has 1 N–H and O–H groups in total. The van der Waals surface area contributed by atoms with E-state index in [1.165, 1.54) is 24.3 Å². The molecule has 0 aliphatic rings. The van der Waals surface area contributed by atoms with Gasteiger partial charge in [-0.3, -0.25) is 14.6 Å². The maximum atomic E-state index is 11.9. The molecule has 7 heteroatoms. The molecular formula is C11H15ClN4O2. The van der Waals surface area contributed by atoms with Gasteiger partial charge in [0.05, 0.1) is 18.9 Å². The molecule has 2 amide bonds. The van der Waals surface area contributed by atoms with E-state index in [1.807, 2.05) is 6.92 Å². The van der Waals surface area contributed by atoms with Crippen LogP contribution in [0.2, 0.25) is 5.15 Å². The van der Waals surface area contributed by atoms with Crippen LogP contribution in [0.15, 0.2) is 12.4 Å². The summed E-state index contributed by atoms with van der Waals surface area (Å²) in [4.78, 5) is 32.2. The lowest BCUT2D eigenvalue weighted by Crippen LogP contribution is -2.38. The molecule has 0 aliphatic carbocycles. The van der Waals surface area contributed by atoms with Gasteiger partial charge in [0.2, 0.25) is 5.91 Å². The third kappa shape index (κ3) is 4.29. The summed E-state index contributed by atoms with van der Waals surface area (Å²) in [5.74, 6) is -0.598. The van der Waals surface area contributed by atoms with E-state index < -0.39 is 5.91 Å². The van der Waals surface area contributed by atoms with Gasteiger partial charge in [0, 0.05) is 13.6 Å². The summed E-state index contributed by atoms with van der Waals surface area (Å²) in [7, 11) is 1.52. The van der Waals surface area contributed by atoms with Crippen molar-refractivity contribution in [2.75, 3.05) is 20.1 Å². The lowest BCUT2D eigenvalue weighted by Gasteiger charge is -2.15. The Kier molecular flexibility index (Phi) is 5.51. The zero-order valence-corrected chi connectivity index (χ0v) is 11.1. The van der Waals surface area contributed by atoms with Crippen LogP contribution >= 0.6 is 11.6 Å². The van der Waals surface area contributed by atoms with Gasteiger partial charge in [0.1, 0.15) is 10.8 Å². The summed E-state index contributed by atoms with van der Waals surface area (Å²) in [5.41, 5.74) is 0.119. The molecule has 1 aromatic rings. The van der Waals surface area contributed by atoms with Crippen LogP contribution in [0, 0.1) is 0 Å². The Morgan fingerprint density at radius 1 is 1.44 bits per heavy atom. The number of halogens is 1. The maximum absolute atomic E-state index is 11.9. The molecule has 0 unspecified atom stereocenters. The monoisotopic (exact) mass is 270 g/mol. The predicted octanol–water partition coefficient (Wildman–Crippen LogP) is 0.728. The first kappa shape index (κ1) is 14.4. The Labute approximate surface area is 110 Å². The highest BCUT2D eigenvalue weighted by atomic mass is 35.5. The second kappa shape index (κ2) is 6.90. The second-order valence-corrected chi connectivity index (χ2v) is 4.13. The molecule has 0 saturated heterocycles. The highest BCUT2D eigenvalue weighted by molar-refractivity contribution is 6.29. The van der Waals surface area contributed by atoms with Crippen molar-refractivity contribution in [3.63, 3.8) is 0 Å². The molecule has 98 valence electrons. The Bertz CT molecular complexity index is 439. The average Bonchev–Trinajstić information content (AvgIpc) is 2.35. The Morgan fingerprint density at radius 3 is 2.78 bits per heavy atom. The number of carbonyl (C=O) groups excluding carboxylic acids is 2. The molecule has 0 saturated carbocycles. The van der Waals surface area contributed by atoms with E-state index in [1.54, 1.807) is 0 Å². The summed E-state index contributed by atoms with van der Waals surface area (Å²) < 4.78 is 0. The molecular weight excluding hydrogens is 256 g/mol. The van der Waals surface area contributed by atoms with Gasteiger partial charge < -0.3 is 10.2 Å². The number of amides is 2. The fourth-order valence-electron chi connectivity index (χ4n) is 1.25. The Morgan fingerprint density at radius 2 is 2.17 bits per heavy atom. The molecule has 0 aliphatic heterocycles. The SMILES string of the molecule is CCCNC(=O)CN(C)C(=O)c1cncc(Cl)n1. The predicted molar refractivity (Wildman–Crippen MR) is 67.3 cm³/mol. The van der Waals surface area contributed by atoms with Crippen molar-refractivity contribution in [1.29, 1.82) is 0 Å². The minimum Gasteiger partial charge on any atom is -0.355 e. The van der Waals surface area contributed by atoms with Crippen molar-refractivity contribution >= 4 is 23.4 Å². The number of nitrogens with zero attached hydrogens (tertiary/aromatic N) is 3. The minimum atomic E-state index is -0.392. The summed E-state index contributed by atoms with van der Waals surface area (Å²) in [5, 5.41) is 2.83. The van der Waals surface area contributed by atoms with Gasteiger partial charge in [0.15, 0.2) is 0 Å². The van der Waals surface area contributed by atoms with E-state index in [0.29, 0.717) is 6.54 Å². The van der Waals surface area contributed by atoms with Gasteiger partial charge in [-0.1, -0.05) is 18.5 Å². The van der Waals surface area contributed by atoms with Crippen LogP contribution in [0.1, 0.15) is 23.8 Å². The lowest BCUT2D eigenvalue weighted by atomic mass is 10.3. The third-order valence-electron chi connectivity index (χ3n) is 2.12. The molecule has 0 fully saturated rings. The van der Waals surface area contributed by atoms with Crippen LogP contribution in [-0.2, 0) is 4.79 Å². The summed E-state index contributed by atoms with van der Waals surface area (Å²) >= 11 is 5.64. The average molecular weight is 271 g/mol. The number of hydrogen-bond donors (Lipinski definition) is 1. The van der Waals surface area contributed by atoms with Crippen molar-refractivity contribution in [3.05, 3.63) is 23.2 Å². The third-order valence-corrected chi connectivity index (χ3v) is 2.31. The fourth-order valence-corrected chi connectivity index (χ4v) is 1.40. The Hall–Kier alpha value is -1.69. The molecule has 0 radical (unpaired) electrons. The highest BCUT2D eigenvalue weighted by Gasteiger charge is 2.16. The van der Waals surface area contributed by atoms with Gasteiger partial charge in [-0.05, 0) is 6.42 Å². The first-order chi connectivity index (χ1) is 8.54. The molecule has 1 heterocycles. The van der Waals surface area contributed by atoms with Gasteiger partial charge in [-0.15, -0.1) is 0 Å². The normalized spacial score (nSPS) is 9.94. The molecule has 0 atom stereocenters. The molecule has 0 bridgehead atoms.